The molecule has 3 aromatic heterocycles. The summed E-state index contributed by atoms with van der Waals surface area (Å²) < 4.78 is 1.86. The minimum absolute atomic E-state index is 0.688. The molecule has 0 aliphatic carbocycles. The zero-order chi connectivity index (χ0) is 11.8. The Morgan fingerprint density at radius 2 is 1.82 bits per heavy atom. The zero-order valence-corrected chi connectivity index (χ0v) is 11.7. The van der Waals surface area contributed by atoms with Crippen molar-refractivity contribution >= 4 is 43.0 Å². The molecule has 3 rings (SSSR count). The van der Waals surface area contributed by atoms with Gasteiger partial charge >= 0.3 is 0 Å². The van der Waals surface area contributed by atoms with Gasteiger partial charge in [-0.15, -0.1) is 0 Å². The molecular weight excluding hydrogens is 348 g/mol. The van der Waals surface area contributed by atoms with Gasteiger partial charge in [-0.25, -0.2) is 9.97 Å². The molecule has 0 atom stereocenters. The topological polar surface area (TPSA) is 54.5 Å². The Morgan fingerprint density at radius 3 is 2.59 bits per heavy atom. The van der Waals surface area contributed by atoms with Crippen LogP contribution in [0.2, 0.25) is 0 Å². The molecule has 4 nitrogen and oxygen atoms in total. The molecule has 0 spiro atoms. The molecule has 0 bridgehead atoms. The number of halogens is 2. The van der Waals surface area contributed by atoms with Gasteiger partial charge in [0.25, 0.3) is 0 Å². The van der Waals surface area contributed by atoms with Crippen molar-refractivity contribution in [3.8, 4) is 11.5 Å². The summed E-state index contributed by atoms with van der Waals surface area (Å²) in [5.41, 5.74) is 2.37. The molecule has 3 heterocycles. The van der Waals surface area contributed by atoms with Crippen molar-refractivity contribution in [1.82, 2.24) is 19.9 Å². The third kappa shape index (κ3) is 2.10. The maximum atomic E-state index is 4.39. The van der Waals surface area contributed by atoms with Crippen LogP contribution in [-0.4, -0.2) is 19.9 Å². The van der Waals surface area contributed by atoms with Crippen molar-refractivity contribution in [2.75, 3.05) is 0 Å². The van der Waals surface area contributed by atoms with Crippen LogP contribution < -0.4 is 0 Å². The molecule has 6 heteroatoms. The van der Waals surface area contributed by atoms with Gasteiger partial charge in [0.1, 0.15) is 5.69 Å². The number of nitrogens with zero attached hydrogens (tertiary/aromatic N) is 3. The van der Waals surface area contributed by atoms with E-state index in [-0.39, 0.29) is 0 Å². The quantitative estimate of drug-likeness (QED) is 0.727. The third-order valence-electron chi connectivity index (χ3n) is 2.27. The van der Waals surface area contributed by atoms with E-state index in [9.17, 15) is 0 Å². The van der Waals surface area contributed by atoms with Gasteiger partial charge in [-0.3, -0.25) is 4.98 Å². The summed E-state index contributed by atoms with van der Waals surface area (Å²) in [6, 6.07) is 5.77. The van der Waals surface area contributed by atoms with Gasteiger partial charge in [-0.2, -0.15) is 0 Å². The number of aromatic amines is 1. The molecule has 17 heavy (non-hydrogen) atoms. The second-order valence-electron chi connectivity index (χ2n) is 3.47. The Kier molecular flexibility index (Phi) is 2.68. The smallest absolute Gasteiger partial charge is 0.178 e. The summed E-state index contributed by atoms with van der Waals surface area (Å²) in [6.45, 7) is 0. The van der Waals surface area contributed by atoms with E-state index in [2.05, 4.69) is 51.8 Å². The Morgan fingerprint density at radius 1 is 1.00 bits per heavy atom. The fraction of sp³-hybridized carbons (Fsp3) is 0. The molecule has 0 aliphatic heterocycles. The van der Waals surface area contributed by atoms with E-state index in [4.69, 9.17) is 0 Å². The van der Waals surface area contributed by atoms with Gasteiger partial charge in [0.2, 0.25) is 0 Å². The monoisotopic (exact) mass is 352 g/mol. The normalized spacial score (nSPS) is 10.9. The Hall–Kier alpha value is -1.27. The molecule has 84 valence electrons. The number of pyridine rings is 2. The van der Waals surface area contributed by atoms with E-state index in [0.29, 0.717) is 5.65 Å². The Balaban J connectivity index is 2.14. The van der Waals surface area contributed by atoms with Gasteiger partial charge in [0, 0.05) is 21.3 Å². The molecule has 0 unspecified atom stereocenters. The Labute approximate surface area is 114 Å². The minimum atomic E-state index is 0.688. The number of aromatic nitrogens is 4. The number of H-pyrrole nitrogens is 1. The molecule has 1 N–H and O–H groups in total. The summed E-state index contributed by atoms with van der Waals surface area (Å²) in [7, 11) is 0. The lowest BCUT2D eigenvalue weighted by Crippen LogP contribution is -1.84. The molecule has 3 aromatic rings. The average Bonchev–Trinajstić information content (AvgIpc) is 2.72. The summed E-state index contributed by atoms with van der Waals surface area (Å²) in [6.07, 6.45) is 3.47. The van der Waals surface area contributed by atoms with Crippen LogP contribution in [0, 0.1) is 0 Å². The second kappa shape index (κ2) is 4.19. The highest BCUT2D eigenvalue weighted by Gasteiger charge is 2.07. The summed E-state index contributed by atoms with van der Waals surface area (Å²) in [4.78, 5) is 16.1. The predicted molar refractivity (Wildman–Crippen MR) is 72.5 cm³/mol. The predicted octanol–water partition coefficient (Wildman–Crippen LogP) is 3.54. The van der Waals surface area contributed by atoms with Crippen molar-refractivity contribution < 1.29 is 0 Å². The SMILES string of the molecule is Brc1ccc(-c2nc3ncc(Br)cc3[nH]2)nc1. The first-order valence-electron chi connectivity index (χ1n) is 4.85. The van der Waals surface area contributed by atoms with Gasteiger partial charge in [-0.05, 0) is 50.1 Å². The summed E-state index contributed by atoms with van der Waals surface area (Å²) >= 11 is 6.73. The second-order valence-corrected chi connectivity index (χ2v) is 5.30. The van der Waals surface area contributed by atoms with Crippen molar-refractivity contribution in [2.24, 2.45) is 0 Å². The van der Waals surface area contributed by atoms with Crippen molar-refractivity contribution in [3.05, 3.63) is 39.5 Å². The highest BCUT2D eigenvalue weighted by molar-refractivity contribution is 9.10. The molecule has 0 aromatic carbocycles. The lowest BCUT2D eigenvalue weighted by atomic mass is 10.3. The van der Waals surface area contributed by atoms with Crippen LogP contribution in [0.4, 0.5) is 0 Å². The summed E-state index contributed by atoms with van der Waals surface area (Å²) in [5, 5.41) is 0. The van der Waals surface area contributed by atoms with E-state index in [1.807, 2.05) is 18.2 Å². The number of imidazole rings is 1. The first-order valence-corrected chi connectivity index (χ1v) is 6.44. The van der Waals surface area contributed by atoms with E-state index in [1.165, 1.54) is 0 Å². The van der Waals surface area contributed by atoms with Gasteiger partial charge in [-0.1, -0.05) is 0 Å². The number of rotatable bonds is 1. The van der Waals surface area contributed by atoms with Crippen molar-refractivity contribution in [3.63, 3.8) is 0 Å². The van der Waals surface area contributed by atoms with Crippen LogP contribution in [-0.2, 0) is 0 Å². The number of nitrogens with one attached hydrogen (secondary N) is 1. The van der Waals surface area contributed by atoms with Crippen molar-refractivity contribution in [1.29, 1.82) is 0 Å². The molecule has 0 saturated carbocycles. The number of hydrogen-bond acceptors (Lipinski definition) is 3. The summed E-state index contributed by atoms with van der Waals surface area (Å²) in [5.74, 6) is 0.720. The fourth-order valence-corrected chi connectivity index (χ4v) is 2.08. The molecule has 0 amide bonds. The van der Waals surface area contributed by atoms with Crippen LogP contribution in [0.25, 0.3) is 22.7 Å². The molecule has 0 saturated heterocycles. The first-order chi connectivity index (χ1) is 8.22. The van der Waals surface area contributed by atoms with Gasteiger partial charge in [0.15, 0.2) is 11.5 Å². The maximum Gasteiger partial charge on any atom is 0.178 e. The third-order valence-corrected chi connectivity index (χ3v) is 3.18. The fourth-order valence-electron chi connectivity index (χ4n) is 1.51. The van der Waals surface area contributed by atoms with Crippen LogP contribution in [0.1, 0.15) is 0 Å². The largest absolute Gasteiger partial charge is 0.335 e. The first kappa shape index (κ1) is 10.9. The molecule has 0 aliphatic rings. The standard InChI is InChI=1S/C11H6Br2N4/c12-6-1-2-8(14-4-6)11-16-9-3-7(13)5-15-10(9)17-11/h1-5H,(H,15,16,17). The molecular formula is C11H6Br2N4. The van der Waals surface area contributed by atoms with Crippen LogP contribution >= 0.6 is 31.9 Å². The van der Waals surface area contributed by atoms with E-state index in [1.54, 1.807) is 12.4 Å². The van der Waals surface area contributed by atoms with E-state index in [0.717, 1.165) is 26.0 Å². The number of hydrogen-bond donors (Lipinski definition) is 1. The lowest BCUT2D eigenvalue weighted by Gasteiger charge is -1.94. The van der Waals surface area contributed by atoms with Crippen LogP contribution in [0.15, 0.2) is 39.5 Å². The lowest BCUT2D eigenvalue weighted by molar-refractivity contribution is 1.22. The van der Waals surface area contributed by atoms with E-state index >= 15 is 0 Å². The minimum Gasteiger partial charge on any atom is -0.335 e. The molecule has 0 fully saturated rings. The number of fused-ring (bicyclic) bond motifs is 1. The van der Waals surface area contributed by atoms with Crippen LogP contribution in [0.3, 0.4) is 0 Å². The van der Waals surface area contributed by atoms with Gasteiger partial charge < -0.3 is 4.98 Å². The van der Waals surface area contributed by atoms with Crippen molar-refractivity contribution in [2.45, 2.75) is 0 Å². The maximum absolute atomic E-state index is 4.39. The molecule has 0 radical (unpaired) electrons. The van der Waals surface area contributed by atoms with E-state index < -0.39 is 0 Å². The highest BCUT2D eigenvalue weighted by Crippen LogP contribution is 2.20. The van der Waals surface area contributed by atoms with Crippen LogP contribution in [0.5, 0.6) is 0 Å². The zero-order valence-electron chi connectivity index (χ0n) is 8.48. The van der Waals surface area contributed by atoms with Gasteiger partial charge in [0.05, 0.1) is 5.52 Å². The Bertz CT molecular complexity index is 676. The highest BCUT2D eigenvalue weighted by atomic mass is 79.9. The average molecular weight is 354 g/mol.